The molecule has 0 radical (unpaired) electrons. The van der Waals surface area contributed by atoms with E-state index in [2.05, 4.69) is 41.2 Å². The van der Waals surface area contributed by atoms with Gasteiger partial charge in [-0.15, -0.1) is 0 Å². The van der Waals surface area contributed by atoms with Crippen LogP contribution in [0.25, 0.3) is 5.57 Å². The first-order chi connectivity index (χ1) is 12.6. The Kier molecular flexibility index (Phi) is 4.41. The van der Waals surface area contributed by atoms with Crippen molar-refractivity contribution in [3.8, 4) is 0 Å². The van der Waals surface area contributed by atoms with Gasteiger partial charge in [-0.2, -0.15) is 0 Å². The van der Waals surface area contributed by atoms with Crippen molar-refractivity contribution in [2.75, 3.05) is 0 Å². The van der Waals surface area contributed by atoms with Crippen LogP contribution >= 0.6 is 0 Å². The predicted molar refractivity (Wildman–Crippen MR) is 104 cm³/mol. The molecular formula is C22H22N2O2. The second-order valence-electron chi connectivity index (χ2n) is 7.04. The minimum atomic E-state index is -0.0745. The van der Waals surface area contributed by atoms with Crippen molar-refractivity contribution >= 4 is 17.2 Å². The van der Waals surface area contributed by atoms with E-state index in [1.54, 1.807) is 0 Å². The Hall–Kier alpha value is -2.75. The van der Waals surface area contributed by atoms with E-state index < -0.39 is 0 Å². The number of carbonyl (C=O) groups excluding carboxylic acids is 1. The number of nitrogens with one attached hydrogen (secondary N) is 1. The van der Waals surface area contributed by atoms with Crippen molar-refractivity contribution in [1.82, 2.24) is 4.98 Å². The number of allylic oxidation sites excluding steroid dienone is 1. The number of aryl methyl sites for hydroxylation is 1. The molecule has 2 heterocycles. The average Bonchev–Trinajstić information content (AvgIpc) is 3.41. The molecule has 4 heteroatoms. The summed E-state index contributed by atoms with van der Waals surface area (Å²) in [5.41, 5.74) is 5.59. The number of aromatic nitrogens is 1. The van der Waals surface area contributed by atoms with Crippen molar-refractivity contribution in [2.45, 2.75) is 44.9 Å². The highest BCUT2D eigenvalue weighted by Crippen LogP contribution is 2.38. The van der Waals surface area contributed by atoms with Crippen LogP contribution in [0.2, 0.25) is 0 Å². The van der Waals surface area contributed by atoms with E-state index in [0.717, 1.165) is 47.4 Å². The smallest absolute Gasteiger partial charge is 0.251 e. The van der Waals surface area contributed by atoms with E-state index >= 15 is 0 Å². The number of carbonyl (C=O) groups is 1. The zero-order valence-corrected chi connectivity index (χ0v) is 14.9. The fraction of sp³-hybridized carbons (Fsp3) is 0.318. The van der Waals surface area contributed by atoms with Gasteiger partial charge in [-0.25, -0.2) is 4.99 Å². The third kappa shape index (κ3) is 3.45. The number of H-pyrrole nitrogens is 1. The lowest BCUT2D eigenvalue weighted by Crippen LogP contribution is -2.13. The van der Waals surface area contributed by atoms with Crippen molar-refractivity contribution in [1.29, 1.82) is 0 Å². The molecule has 1 aromatic carbocycles. The average molecular weight is 346 g/mol. The molecule has 2 aliphatic rings. The van der Waals surface area contributed by atoms with Gasteiger partial charge in [0.25, 0.3) is 5.56 Å². The third-order valence-corrected chi connectivity index (χ3v) is 5.09. The van der Waals surface area contributed by atoms with E-state index in [4.69, 9.17) is 0 Å². The molecule has 0 spiro atoms. The fourth-order valence-corrected chi connectivity index (χ4v) is 3.37. The molecule has 1 fully saturated rings. The molecule has 132 valence electrons. The van der Waals surface area contributed by atoms with Crippen molar-refractivity contribution in [3.63, 3.8) is 0 Å². The van der Waals surface area contributed by atoms with Gasteiger partial charge in [0, 0.05) is 29.0 Å². The van der Waals surface area contributed by atoms with Gasteiger partial charge in [-0.1, -0.05) is 37.3 Å². The van der Waals surface area contributed by atoms with Gasteiger partial charge in [0.05, 0.1) is 0 Å². The van der Waals surface area contributed by atoms with Crippen LogP contribution in [0.5, 0.6) is 0 Å². The van der Waals surface area contributed by atoms with E-state index in [1.165, 1.54) is 5.56 Å². The van der Waals surface area contributed by atoms with Crippen LogP contribution in [0.1, 0.15) is 60.9 Å². The molecule has 0 atom stereocenters. The van der Waals surface area contributed by atoms with Crippen LogP contribution in [-0.2, 0) is 11.2 Å². The summed E-state index contributed by atoms with van der Waals surface area (Å²) < 4.78 is 0. The Bertz CT molecular complexity index is 960. The maximum absolute atomic E-state index is 12.5. The van der Waals surface area contributed by atoms with Gasteiger partial charge in [0.2, 0.25) is 5.91 Å². The van der Waals surface area contributed by atoms with Gasteiger partial charge < -0.3 is 4.98 Å². The SMILES string of the molecule is CCc1ccc(/C(=C\C2=NC(=O)CC2)c2ccc(C3CC3)c(=O)[nH]2)cc1. The largest absolute Gasteiger partial charge is 0.322 e. The van der Waals surface area contributed by atoms with Crippen LogP contribution < -0.4 is 5.56 Å². The molecular weight excluding hydrogens is 324 g/mol. The molecule has 0 saturated heterocycles. The highest BCUT2D eigenvalue weighted by molar-refractivity contribution is 6.12. The monoisotopic (exact) mass is 346 g/mol. The van der Waals surface area contributed by atoms with Crippen LogP contribution in [0.15, 0.2) is 52.3 Å². The first-order valence-corrected chi connectivity index (χ1v) is 9.29. The molecule has 1 aliphatic heterocycles. The summed E-state index contributed by atoms with van der Waals surface area (Å²) in [7, 11) is 0. The first kappa shape index (κ1) is 16.7. The summed E-state index contributed by atoms with van der Waals surface area (Å²) in [6.45, 7) is 2.12. The lowest BCUT2D eigenvalue weighted by Gasteiger charge is -2.10. The number of rotatable bonds is 5. The van der Waals surface area contributed by atoms with Gasteiger partial charge in [0.1, 0.15) is 0 Å². The van der Waals surface area contributed by atoms with Crippen LogP contribution in [0.3, 0.4) is 0 Å². The van der Waals surface area contributed by atoms with Crippen LogP contribution in [0, 0.1) is 0 Å². The van der Waals surface area contributed by atoms with E-state index in [-0.39, 0.29) is 11.5 Å². The lowest BCUT2D eigenvalue weighted by molar-refractivity contribution is -0.117. The summed E-state index contributed by atoms with van der Waals surface area (Å²) in [6, 6.07) is 12.3. The number of hydrogen-bond donors (Lipinski definition) is 1. The molecule has 2 aromatic rings. The van der Waals surface area contributed by atoms with Gasteiger partial charge in [-0.3, -0.25) is 9.59 Å². The Balaban J connectivity index is 1.78. The van der Waals surface area contributed by atoms with Crippen molar-refractivity contribution < 1.29 is 4.79 Å². The van der Waals surface area contributed by atoms with Crippen molar-refractivity contribution in [2.24, 2.45) is 4.99 Å². The lowest BCUT2D eigenvalue weighted by atomic mass is 9.97. The highest BCUT2D eigenvalue weighted by atomic mass is 16.1. The maximum Gasteiger partial charge on any atom is 0.251 e. The number of aliphatic imine (C=N–C) groups is 1. The topological polar surface area (TPSA) is 62.3 Å². The second-order valence-corrected chi connectivity index (χ2v) is 7.04. The van der Waals surface area contributed by atoms with Gasteiger partial charge in [-0.05, 0) is 54.9 Å². The Morgan fingerprint density at radius 3 is 2.46 bits per heavy atom. The molecule has 1 aliphatic carbocycles. The summed E-state index contributed by atoms with van der Waals surface area (Å²) in [4.78, 5) is 31.1. The molecule has 1 saturated carbocycles. The maximum atomic E-state index is 12.5. The van der Waals surface area contributed by atoms with Gasteiger partial charge in [0.15, 0.2) is 0 Å². The normalized spacial score (nSPS) is 17.5. The number of amides is 1. The molecule has 1 aromatic heterocycles. The second kappa shape index (κ2) is 6.87. The number of nitrogens with zero attached hydrogens (tertiary/aromatic N) is 1. The molecule has 0 bridgehead atoms. The highest BCUT2D eigenvalue weighted by Gasteiger charge is 2.26. The molecule has 1 N–H and O–H groups in total. The molecule has 0 unspecified atom stereocenters. The van der Waals surface area contributed by atoms with E-state index in [9.17, 15) is 9.59 Å². The number of hydrogen-bond acceptors (Lipinski definition) is 2. The molecule has 1 amide bonds. The number of pyridine rings is 1. The molecule has 4 nitrogen and oxygen atoms in total. The molecule has 4 rings (SSSR count). The Morgan fingerprint density at radius 2 is 1.88 bits per heavy atom. The van der Waals surface area contributed by atoms with Crippen LogP contribution in [0.4, 0.5) is 0 Å². The summed E-state index contributed by atoms with van der Waals surface area (Å²) in [5, 5.41) is 0. The quantitative estimate of drug-likeness (QED) is 0.889. The first-order valence-electron chi connectivity index (χ1n) is 9.29. The summed E-state index contributed by atoms with van der Waals surface area (Å²) in [5.74, 6) is 0.343. The van der Waals surface area contributed by atoms with Gasteiger partial charge >= 0.3 is 0 Å². The minimum Gasteiger partial charge on any atom is -0.322 e. The zero-order chi connectivity index (χ0) is 18.1. The van der Waals surface area contributed by atoms with E-state index in [0.29, 0.717) is 18.8 Å². The number of benzene rings is 1. The third-order valence-electron chi connectivity index (χ3n) is 5.09. The molecule has 26 heavy (non-hydrogen) atoms. The summed E-state index contributed by atoms with van der Waals surface area (Å²) in [6.07, 6.45) is 6.23. The fourth-order valence-electron chi connectivity index (χ4n) is 3.37. The standard InChI is InChI=1S/C22H22N2O2/c1-2-14-3-5-16(6-4-14)19(13-17-9-12-21(25)23-17)20-11-10-18(15-7-8-15)22(26)24-20/h3-6,10-11,13,15H,2,7-9,12H2,1H3,(H,24,26)/b19-13+. The van der Waals surface area contributed by atoms with Crippen molar-refractivity contribution in [3.05, 3.63) is 75.2 Å². The minimum absolute atomic E-state index is 0.00878. The number of aromatic amines is 1. The zero-order valence-electron chi connectivity index (χ0n) is 14.9. The Labute approximate surface area is 152 Å². The van der Waals surface area contributed by atoms with Crippen LogP contribution in [-0.4, -0.2) is 16.6 Å². The Morgan fingerprint density at radius 1 is 1.12 bits per heavy atom. The predicted octanol–water partition coefficient (Wildman–Crippen LogP) is 4.01. The summed E-state index contributed by atoms with van der Waals surface area (Å²) >= 11 is 0. The van der Waals surface area contributed by atoms with E-state index in [1.807, 2.05) is 18.2 Å².